The Labute approximate surface area is 98.0 Å². The number of hydrogen-bond donors (Lipinski definition) is 2. The van der Waals surface area contributed by atoms with Gasteiger partial charge in [0.15, 0.2) is 0 Å². The molecule has 0 radical (unpaired) electrons. The average molecular weight is 222 g/mol. The molecule has 3 N–H and O–H groups in total. The molecule has 0 aliphatic heterocycles. The maximum atomic E-state index is 5.60. The van der Waals surface area contributed by atoms with Gasteiger partial charge >= 0.3 is 0 Å². The first-order chi connectivity index (χ1) is 7.56. The summed E-state index contributed by atoms with van der Waals surface area (Å²) in [6.07, 6.45) is 0.223. The quantitative estimate of drug-likeness (QED) is 0.593. The highest BCUT2D eigenvalue weighted by molar-refractivity contribution is 5.35. The van der Waals surface area contributed by atoms with Crippen molar-refractivity contribution in [2.24, 2.45) is 5.84 Å². The van der Waals surface area contributed by atoms with Crippen LogP contribution < -0.4 is 11.3 Å². The molecule has 0 fully saturated rings. The van der Waals surface area contributed by atoms with E-state index in [0.29, 0.717) is 6.61 Å². The van der Waals surface area contributed by atoms with E-state index < -0.39 is 0 Å². The van der Waals surface area contributed by atoms with Crippen molar-refractivity contribution in [2.75, 3.05) is 6.61 Å². The summed E-state index contributed by atoms with van der Waals surface area (Å²) in [6, 6.07) is 6.31. The molecule has 0 heterocycles. The number of ether oxygens (including phenoxy) is 1. The van der Waals surface area contributed by atoms with E-state index in [1.54, 1.807) is 0 Å². The first-order valence-corrected chi connectivity index (χ1v) is 5.70. The number of aryl methyl sites for hydroxylation is 1. The number of hydrogen-bond acceptors (Lipinski definition) is 3. The second-order valence-corrected chi connectivity index (χ2v) is 4.39. The van der Waals surface area contributed by atoms with Gasteiger partial charge < -0.3 is 4.74 Å². The standard InChI is InChI=1S/C13H22N2O/c1-9(2)16-8-13(15-14)12-7-5-6-10(3)11(12)4/h5-7,9,13,15H,8,14H2,1-4H3. The second-order valence-electron chi connectivity index (χ2n) is 4.39. The third kappa shape index (κ3) is 3.30. The first kappa shape index (κ1) is 13.2. The number of hydrazine groups is 1. The molecule has 1 aromatic rings. The van der Waals surface area contributed by atoms with Gasteiger partial charge in [-0.05, 0) is 44.4 Å². The number of rotatable bonds is 5. The van der Waals surface area contributed by atoms with Gasteiger partial charge in [0.1, 0.15) is 0 Å². The van der Waals surface area contributed by atoms with Crippen molar-refractivity contribution in [1.29, 1.82) is 0 Å². The molecule has 0 bridgehead atoms. The third-order valence-corrected chi connectivity index (χ3v) is 2.82. The minimum Gasteiger partial charge on any atom is -0.377 e. The molecule has 3 heteroatoms. The Bertz CT molecular complexity index is 337. The molecule has 0 spiro atoms. The van der Waals surface area contributed by atoms with E-state index in [4.69, 9.17) is 10.6 Å². The van der Waals surface area contributed by atoms with Crippen molar-refractivity contribution in [3.63, 3.8) is 0 Å². The van der Waals surface area contributed by atoms with E-state index in [-0.39, 0.29) is 12.1 Å². The fraction of sp³-hybridized carbons (Fsp3) is 0.538. The fourth-order valence-corrected chi connectivity index (χ4v) is 1.67. The van der Waals surface area contributed by atoms with Gasteiger partial charge in [-0.3, -0.25) is 11.3 Å². The number of nitrogens with two attached hydrogens (primary N) is 1. The van der Waals surface area contributed by atoms with Crippen LogP contribution in [0.5, 0.6) is 0 Å². The van der Waals surface area contributed by atoms with E-state index in [9.17, 15) is 0 Å². The van der Waals surface area contributed by atoms with Gasteiger partial charge in [0, 0.05) is 0 Å². The minimum absolute atomic E-state index is 0.0577. The van der Waals surface area contributed by atoms with E-state index >= 15 is 0 Å². The topological polar surface area (TPSA) is 47.3 Å². The summed E-state index contributed by atoms with van der Waals surface area (Å²) in [7, 11) is 0. The smallest absolute Gasteiger partial charge is 0.0696 e. The van der Waals surface area contributed by atoms with E-state index in [0.717, 1.165) is 0 Å². The van der Waals surface area contributed by atoms with Crippen LogP contribution in [0.15, 0.2) is 18.2 Å². The van der Waals surface area contributed by atoms with Crippen LogP contribution in [0.2, 0.25) is 0 Å². The summed E-state index contributed by atoms with van der Waals surface area (Å²) in [5, 5.41) is 0. The molecule has 90 valence electrons. The second kappa shape index (κ2) is 5.99. The summed E-state index contributed by atoms with van der Waals surface area (Å²) >= 11 is 0. The Balaban J connectivity index is 2.82. The molecule has 0 aliphatic rings. The fourth-order valence-electron chi connectivity index (χ4n) is 1.67. The number of benzene rings is 1. The lowest BCUT2D eigenvalue weighted by Gasteiger charge is -2.20. The number of nitrogens with one attached hydrogen (secondary N) is 1. The Morgan fingerprint density at radius 2 is 2.00 bits per heavy atom. The molecular formula is C13H22N2O. The summed E-state index contributed by atoms with van der Waals surface area (Å²) in [4.78, 5) is 0. The van der Waals surface area contributed by atoms with Gasteiger partial charge in [0.2, 0.25) is 0 Å². The average Bonchev–Trinajstić information content (AvgIpc) is 2.24. The molecule has 0 aliphatic carbocycles. The van der Waals surface area contributed by atoms with Gasteiger partial charge in [0.05, 0.1) is 18.8 Å². The zero-order valence-corrected chi connectivity index (χ0v) is 10.6. The highest BCUT2D eigenvalue weighted by Gasteiger charge is 2.13. The predicted octanol–water partition coefficient (Wildman–Crippen LogP) is 2.23. The summed E-state index contributed by atoms with van der Waals surface area (Å²) in [6.45, 7) is 8.87. The molecule has 0 saturated carbocycles. The molecule has 0 saturated heterocycles. The zero-order chi connectivity index (χ0) is 12.1. The molecule has 3 nitrogen and oxygen atoms in total. The van der Waals surface area contributed by atoms with Gasteiger partial charge in [-0.1, -0.05) is 18.2 Å². The van der Waals surface area contributed by atoms with Crippen molar-refractivity contribution in [3.8, 4) is 0 Å². The molecule has 0 aromatic heterocycles. The van der Waals surface area contributed by atoms with Crippen molar-refractivity contribution in [2.45, 2.75) is 39.8 Å². The Kier molecular flexibility index (Phi) is 4.93. The normalized spacial score (nSPS) is 13.1. The van der Waals surface area contributed by atoms with Crippen LogP contribution in [-0.4, -0.2) is 12.7 Å². The van der Waals surface area contributed by atoms with Crippen molar-refractivity contribution < 1.29 is 4.74 Å². The largest absolute Gasteiger partial charge is 0.377 e. The monoisotopic (exact) mass is 222 g/mol. The van der Waals surface area contributed by atoms with E-state index in [1.165, 1.54) is 16.7 Å². The van der Waals surface area contributed by atoms with Crippen LogP contribution >= 0.6 is 0 Å². The molecular weight excluding hydrogens is 200 g/mol. The van der Waals surface area contributed by atoms with Crippen LogP contribution in [0.3, 0.4) is 0 Å². The van der Waals surface area contributed by atoms with Crippen LogP contribution in [0.25, 0.3) is 0 Å². The van der Waals surface area contributed by atoms with Crippen molar-refractivity contribution >= 4 is 0 Å². The zero-order valence-electron chi connectivity index (χ0n) is 10.6. The van der Waals surface area contributed by atoms with Crippen LogP contribution in [0.1, 0.15) is 36.6 Å². The molecule has 0 amide bonds. The lowest BCUT2D eigenvalue weighted by Crippen LogP contribution is -2.32. The Hall–Kier alpha value is -0.900. The summed E-state index contributed by atoms with van der Waals surface area (Å²) in [5.74, 6) is 5.58. The summed E-state index contributed by atoms with van der Waals surface area (Å²) < 4.78 is 5.60. The SMILES string of the molecule is Cc1cccc(C(COC(C)C)NN)c1C. The third-order valence-electron chi connectivity index (χ3n) is 2.82. The van der Waals surface area contributed by atoms with Crippen LogP contribution in [0, 0.1) is 13.8 Å². The lowest BCUT2D eigenvalue weighted by molar-refractivity contribution is 0.0610. The maximum absolute atomic E-state index is 5.60. The van der Waals surface area contributed by atoms with Crippen LogP contribution in [0.4, 0.5) is 0 Å². The molecule has 1 unspecified atom stereocenters. The Morgan fingerprint density at radius 3 is 2.56 bits per heavy atom. The van der Waals surface area contributed by atoms with Crippen LogP contribution in [-0.2, 0) is 4.74 Å². The molecule has 1 rings (SSSR count). The lowest BCUT2D eigenvalue weighted by atomic mass is 9.98. The molecule has 1 aromatic carbocycles. The van der Waals surface area contributed by atoms with Crippen molar-refractivity contribution in [1.82, 2.24) is 5.43 Å². The van der Waals surface area contributed by atoms with Gasteiger partial charge in [-0.2, -0.15) is 0 Å². The Morgan fingerprint density at radius 1 is 1.31 bits per heavy atom. The molecule has 16 heavy (non-hydrogen) atoms. The molecule has 1 atom stereocenters. The van der Waals surface area contributed by atoms with Gasteiger partial charge in [-0.15, -0.1) is 0 Å². The first-order valence-electron chi connectivity index (χ1n) is 5.70. The maximum Gasteiger partial charge on any atom is 0.0696 e. The van der Waals surface area contributed by atoms with E-state index in [2.05, 4.69) is 37.5 Å². The predicted molar refractivity (Wildman–Crippen MR) is 67.1 cm³/mol. The summed E-state index contributed by atoms with van der Waals surface area (Å²) in [5.41, 5.74) is 6.58. The highest BCUT2D eigenvalue weighted by atomic mass is 16.5. The van der Waals surface area contributed by atoms with Gasteiger partial charge in [0.25, 0.3) is 0 Å². The van der Waals surface area contributed by atoms with E-state index in [1.807, 2.05) is 13.8 Å². The van der Waals surface area contributed by atoms with Crippen molar-refractivity contribution in [3.05, 3.63) is 34.9 Å². The minimum atomic E-state index is 0.0577. The van der Waals surface area contributed by atoms with Gasteiger partial charge in [-0.25, -0.2) is 0 Å². The highest BCUT2D eigenvalue weighted by Crippen LogP contribution is 2.20.